The van der Waals surface area contributed by atoms with Gasteiger partial charge in [0.05, 0.1) is 0 Å². The molecular weight excluding hydrogens is 190 g/mol. The molecular formula is C10H19N5. The van der Waals surface area contributed by atoms with Crippen LogP contribution in [0.3, 0.4) is 0 Å². The van der Waals surface area contributed by atoms with E-state index in [0.717, 1.165) is 37.7 Å². The quantitative estimate of drug-likeness (QED) is 0.749. The SMILES string of the molecule is CCNc1nnc(C2(CN)CC2)n1CC. The smallest absolute Gasteiger partial charge is 0.224 e. The lowest BCUT2D eigenvalue weighted by molar-refractivity contribution is 0.586. The minimum absolute atomic E-state index is 0.122. The van der Waals surface area contributed by atoms with Crippen LogP contribution in [0, 0.1) is 0 Å². The maximum Gasteiger partial charge on any atom is 0.224 e. The van der Waals surface area contributed by atoms with Crippen LogP contribution in [-0.2, 0) is 12.0 Å². The van der Waals surface area contributed by atoms with E-state index >= 15 is 0 Å². The summed E-state index contributed by atoms with van der Waals surface area (Å²) >= 11 is 0. The van der Waals surface area contributed by atoms with Gasteiger partial charge in [0.1, 0.15) is 5.82 Å². The Kier molecular flexibility index (Phi) is 2.65. The van der Waals surface area contributed by atoms with Gasteiger partial charge < -0.3 is 11.1 Å². The molecule has 2 rings (SSSR count). The first-order valence-corrected chi connectivity index (χ1v) is 5.65. The molecule has 0 spiro atoms. The topological polar surface area (TPSA) is 68.8 Å². The molecule has 84 valence electrons. The molecule has 3 N–H and O–H groups in total. The molecule has 1 aliphatic carbocycles. The molecule has 1 aromatic heterocycles. The highest BCUT2D eigenvalue weighted by Gasteiger charge is 2.47. The van der Waals surface area contributed by atoms with Gasteiger partial charge in [0, 0.05) is 25.0 Å². The van der Waals surface area contributed by atoms with E-state index in [0.29, 0.717) is 6.54 Å². The molecule has 0 radical (unpaired) electrons. The van der Waals surface area contributed by atoms with Crippen molar-refractivity contribution in [2.75, 3.05) is 18.4 Å². The lowest BCUT2D eigenvalue weighted by atomic mass is 10.1. The molecule has 1 aromatic rings. The van der Waals surface area contributed by atoms with Crippen molar-refractivity contribution in [3.63, 3.8) is 0 Å². The van der Waals surface area contributed by atoms with Crippen molar-refractivity contribution < 1.29 is 0 Å². The van der Waals surface area contributed by atoms with Gasteiger partial charge in [0.25, 0.3) is 0 Å². The number of nitrogens with one attached hydrogen (secondary N) is 1. The van der Waals surface area contributed by atoms with Gasteiger partial charge in [0.2, 0.25) is 5.95 Å². The summed E-state index contributed by atoms with van der Waals surface area (Å²) in [4.78, 5) is 0. The van der Waals surface area contributed by atoms with Gasteiger partial charge in [-0.3, -0.25) is 4.57 Å². The lowest BCUT2D eigenvalue weighted by Gasteiger charge is -2.14. The fourth-order valence-electron chi connectivity index (χ4n) is 1.95. The van der Waals surface area contributed by atoms with Gasteiger partial charge in [-0.25, -0.2) is 0 Å². The molecule has 0 amide bonds. The Balaban J connectivity index is 2.31. The van der Waals surface area contributed by atoms with Crippen LogP contribution < -0.4 is 11.1 Å². The molecule has 0 atom stereocenters. The van der Waals surface area contributed by atoms with E-state index in [1.165, 1.54) is 0 Å². The summed E-state index contributed by atoms with van der Waals surface area (Å²) in [7, 11) is 0. The van der Waals surface area contributed by atoms with Crippen molar-refractivity contribution in [3.05, 3.63) is 5.82 Å². The van der Waals surface area contributed by atoms with Gasteiger partial charge in [-0.05, 0) is 26.7 Å². The van der Waals surface area contributed by atoms with Crippen molar-refractivity contribution in [2.45, 2.75) is 38.6 Å². The number of aromatic nitrogens is 3. The zero-order chi connectivity index (χ0) is 10.9. The highest BCUT2D eigenvalue weighted by atomic mass is 15.4. The normalized spacial score (nSPS) is 17.8. The Morgan fingerprint density at radius 2 is 2.13 bits per heavy atom. The van der Waals surface area contributed by atoms with Crippen LogP contribution in [0.4, 0.5) is 5.95 Å². The van der Waals surface area contributed by atoms with Crippen LogP contribution in [0.25, 0.3) is 0 Å². The minimum Gasteiger partial charge on any atom is -0.355 e. The summed E-state index contributed by atoms with van der Waals surface area (Å²) in [6.45, 7) is 6.61. The maximum atomic E-state index is 5.81. The zero-order valence-electron chi connectivity index (χ0n) is 9.45. The molecule has 0 aliphatic heterocycles. The van der Waals surface area contributed by atoms with Crippen LogP contribution in [-0.4, -0.2) is 27.9 Å². The summed E-state index contributed by atoms with van der Waals surface area (Å²) in [5.74, 6) is 1.93. The Labute approximate surface area is 90.1 Å². The predicted molar refractivity (Wildman–Crippen MR) is 59.8 cm³/mol. The van der Waals surface area contributed by atoms with Crippen molar-refractivity contribution in [1.82, 2.24) is 14.8 Å². The highest BCUT2D eigenvalue weighted by Crippen LogP contribution is 2.46. The molecule has 0 unspecified atom stereocenters. The second-order valence-electron chi connectivity index (χ2n) is 4.11. The number of nitrogens with zero attached hydrogens (tertiary/aromatic N) is 3. The third-order valence-corrected chi connectivity index (χ3v) is 3.12. The van der Waals surface area contributed by atoms with Gasteiger partial charge in [0.15, 0.2) is 0 Å². The van der Waals surface area contributed by atoms with Crippen LogP contribution in [0.1, 0.15) is 32.5 Å². The molecule has 1 heterocycles. The van der Waals surface area contributed by atoms with E-state index in [9.17, 15) is 0 Å². The number of rotatable bonds is 5. The third kappa shape index (κ3) is 1.61. The number of anilines is 1. The first kappa shape index (κ1) is 10.4. The molecule has 1 saturated carbocycles. The second kappa shape index (κ2) is 3.81. The summed E-state index contributed by atoms with van der Waals surface area (Å²) < 4.78 is 2.14. The number of hydrogen-bond donors (Lipinski definition) is 2. The summed E-state index contributed by atoms with van der Waals surface area (Å²) in [6, 6.07) is 0. The molecule has 15 heavy (non-hydrogen) atoms. The first-order chi connectivity index (χ1) is 7.27. The minimum atomic E-state index is 0.122. The summed E-state index contributed by atoms with van der Waals surface area (Å²) in [5, 5.41) is 11.7. The van der Waals surface area contributed by atoms with Gasteiger partial charge >= 0.3 is 0 Å². The Bertz CT molecular complexity index is 340. The molecule has 0 bridgehead atoms. The largest absolute Gasteiger partial charge is 0.355 e. The lowest BCUT2D eigenvalue weighted by Crippen LogP contribution is -2.24. The number of hydrogen-bond acceptors (Lipinski definition) is 4. The second-order valence-corrected chi connectivity index (χ2v) is 4.11. The molecule has 5 heteroatoms. The van der Waals surface area contributed by atoms with Crippen LogP contribution in [0.2, 0.25) is 0 Å². The molecule has 1 fully saturated rings. The fourth-order valence-corrected chi connectivity index (χ4v) is 1.95. The Hall–Kier alpha value is -1.10. The molecule has 0 aromatic carbocycles. The molecule has 1 aliphatic rings. The molecule has 5 nitrogen and oxygen atoms in total. The van der Waals surface area contributed by atoms with Gasteiger partial charge in [-0.2, -0.15) is 0 Å². The third-order valence-electron chi connectivity index (χ3n) is 3.12. The monoisotopic (exact) mass is 209 g/mol. The number of nitrogens with two attached hydrogens (primary N) is 1. The van der Waals surface area contributed by atoms with E-state index in [1.807, 2.05) is 0 Å². The van der Waals surface area contributed by atoms with Gasteiger partial charge in [-0.15, -0.1) is 10.2 Å². The van der Waals surface area contributed by atoms with Crippen molar-refractivity contribution >= 4 is 5.95 Å². The van der Waals surface area contributed by atoms with Crippen molar-refractivity contribution in [1.29, 1.82) is 0 Å². The van der Waals surface area contributed by atoms with Crippen LogP contribution >= 0.6 is 0 Å². The Morgan fingerprint density at radius 1 is 1.40 bits per heavy atom. The van der Waals surface area contributed by atoms with Crippen molar-refractivity contribution in [3.8, 4) is 0 Å². The van der Waals surface area contributed by atoms with Crippen LogP contribution in [0.5, 0.6) is 0 Å². The van der Waals surface area contributed by atoms with E-state index in [1.54, 1.807) is 0 Å². The van der Waals surface area contributed by atoms with Gasteiger partial charge in [-0.1, -0.05) is 0 Å². The predicted octanol–water partition coefficient (Wildman–Crippen LogP) is 0.720. The Morgan fingerprint density at radius 3 is 2.60 bits per heavy atom. The van der Waals surface area contributed by atoms with Crippen LogP contribution in [0.15, 0.2) is 0 Å². The van der Waals surface area contributed by atoms with E-state index in [4.69, 9.17) is 5.73 Å². The fraction of sp³-hybridized carbons (Fsp3) is 0.800. The molecule has 0 saturated heterocycles. The summed E-state index contributed by atoms with van der Waals surface area (Å²) in [5.41, 5.74) is 5.93. The average Bonchev–Trinajstić information content (AvgIpc) is 2.95. The standard InChI is InChI=1S/C10H19N5/c1-3-12-9-14-13-8(15(9)4-2)10(7-11)5-6-10/h3-7,11H2,1-2H3,(H,12,14). The maximum absolute atomic E-state index is 5.81. The van der Waals surface area contributed by atoms with E-state index in [-0.39, 0.29) is 5.41 Å². The van der Waals surface area contributed by atoms with E-state index < -0.39 is 0 Å². The first-order valence-electron chi connectivity index (χ1n) is 5.65. The summed E-state index contributed by atoms with van der Waals surface area (Å²) in [6.07, 6.45) is 2.29. The van der Waals surface area contributed by atoms with Crippen molar-refractivity contribution in [2.24, 2.45) is 5.73 Å². The van der Waals surface area contributed by atoms with E-state index in [2.05, 4.69) is 33.9 Å². The average molecular weight is 209 g/mol. The zero-order valence-corrected chi connectivity index (χ0v) is 9.45. The highest BCUT2D eigenvalue weighted by molar-refractivity contribution is 5.31.